The van der Waals surface area contributed by atoms with Crippen molar-refractivity contribution in [3.05, 3.63) is 34.9 Å². The van der Waals surface area contributed by atoms with Crippen LogP contribution >= 0.6 is 35.6 Å². The third-order valence-electron chi connectivity index (χ3n) is 3.53. The maximum absolute atomic E-state index is 6.21. The fourth-order valence-electron chi connectivity index (χ4n) is 2.15. The average Bonchev–Trinajstić information content (AvgIpc) is 2.41. The van der Waals surface area contributed by atoms with Crippen LogP contribution in [0.5, 0.6) is 0 Å². The molecular formula is C15H23ClIN3O. The topological polar surface area (TPSA) is 45.7 Å². The lowest BCUT2D eigenvalue weighted by Gasteiger charge is -2.38. The van der Waals surface area contributed by atoms with Gasteiger partial charge in [0, 0.05) is 24.0 Å². The summed E-state index contributed by atoms with van der Waals surface area (Å²) in [6, 6.07) is 7.94. The van der Waals surface area contributed by atoms with E-state index < -0.39 is 0 Å². The molecule has 0 bridgehead atoms. The number of hydrogen-bond acceptors (Lipinski definition) is 2. The molecule has 1 atom stereocenters. The molecular weight excluding hydrogens is 401 g/mol. The van der Waals surface area contributed by atoms with Crippen molar-refractivity contribution in [1.82, 2.24) is 10.6 Å². The Hall–Kier alpha value is -0.530. The largest absolute Gasteiger partial charge is 0.380 e. The van der Waals surface area contributed by atoms with Crippen molar-refractivity contribution in [3.63, 3.8) is 0 Å². The Bertz CT molecular complexity index is 492. The van der Waals surface area contributed by atoms with Crippen molar-refractivity contribution in [1.29, 1.82) is 0 Å². The summed E-state index contributed by atoms with van der Waals surface area (Å²) in [4.78, 5) is 4.26. The summed E-state index contributed by atoms with van der Waals surface area (Å²) in [6.45, 7) is 6.73. The summed E-state index contributed by atoms with van der Waals surface area (Å²) in [7, 11) is 1.77. The molecule has 0 spiro atoms. The van der Waals surface area contributed by atoms with Gasteiger partial charge < -0.3 is 15.4 Å². The predicted molar refractivity (Wildman–Crippen MR) is 98.7 cm³/mol. The molecule has 1 heterocycles. The molecule has 4 nitrogen and oxygen atoms in total. The van der Waals surface area contributed by atoms with Crippen LogP contribution in [0.4, 0.5) is 0 Å². The van der Waals surface area contributed by atoms with Crippen molar-refractivity contribution >= 4 is 41.5 Å². The molecule has 1 fully saturated rings. The molecule has 0 amide bonds. The molecule has 1 unspecified atom stereocenters. The zero-order valence-corrected chi connectivity index (χ0v) is 15.7. The van der Waals surface area contributed by atoms with Crippen LogP contribution < -0.4 is 10.6 Å². The third kappa shape index (κ3) is 5.00. The summed E-state index contributed by atoms with van der Waals surface area (Å²) >= 11 is 6.21. The van der Waals surface area contributed by atoms with E-state index in [1.165, 1.54) is 0 Å². The SMILES string of the molecule is CN=C(NCC1(C)COC1)NC(C)c1ccccc1Cl.I. The predicted octanol–water partition coefficient (Wildman–Crippen LogP) is 3.22. The molecule has 1 saturated heterocycles. The monoisotopic (exact) mass is 423 g/mol. The van der Waals surface area contributed by atoms with E-state index >= 15 is 0 Å². The number of nitrogens with one attached hydrogen (secondary N) is 2. The van der Waals surface area contributed by atoms with Crippen LogP contribution in [0.1, 0.15) is 25.5 Å². The highest BCUT2D eigenvalue weighted by Gasteiger charge is 2.33. The zero-order chi connectivity index (χ0) is 14.6. The van der Waals surface area contributed by atoms with Crippen LogP contribution in [0.15, 0.2) is 29.3 Å². The van der Waals surface area contributed by atoms with Gasteiger partial charge in [-0.15, -0.1) is 24.0 Å². The molecule has 1 aliphatic rings. The van der Waals surface area contributed by atoms with Gasteiger partial charge in [0.1, 0.15) is 0 Å². The number of rotatable bonds is 4. The molecule has 0 aromatic heterocycles. The Morgan fingerprint density at radius 1 is 1.43 bits per heavy atom. The minimum absolute atomic E-state index is 0. The third-order valence-corrected chi connectivity index (χ3v) is 3.88. The number of benzene rings is 1. The molecule has 118 valence electrons. The van der Waals surface area contributed by atoms with E-state index in [9.17, 15) is 0 Å². The maximum atomic E-state index is 6.21. The number of nitrogens with zero attached hydrogens (tertiary/aromatic N) is 1. The summed E-state index contributed by atoms with van der Waals surface area (Å²) in [6.07, 6.45) is 0. The highest BCUT2D eigenvalue weighted by Crippen LogP contribution is 2.25. The molecule has 0 aliphatic carbocycles. The summed E-state index contributed by atoms with van der Waals surface area (Å²) in [5.41, 5.74) is 1.28. The molecule has 1 aromatic carbocycles. The lowest BCUT2D eigenvalue weighted by Crippen LogP contribution is -2.51. The van der Waals surface area contributed by atoms with Crippen LogP contribution in [-0.2, 0) is 4.74 Å². The Kier molecular flexibility index (Phi) is 7.23. The first-order valence-electron chi connectivity index (χ1n) is 6.83. The Labute approximate surface area is 148 Å². The first-order valence-corrected chi connectivity index (χ1v) is 7.21. The second kappa shape index (κ2) is 8.19. The highest BCUT2D eigenvalue weighted by atomic mass is 127. The molecule has 2 rings (SSSR count). The van der Waals surface area contributed by atoms with E-state index in [2.05, 4.69) is 29.5 Å². The van der Waals surface area contributed by atoms with Gasteiger partial charge in [-0.1, -0.05) is 36.7 Å². The van der Waals surface area contributed by atoms with E-state index in [1.807, 2.05) is 24.3 Å². The lowest BCUT2D eigenvalue weighted by atomic mass is 9.89. The van der Waals surface area contributed by atoms with Crippen molar-refractivity contribution < 1.29 is 4.74 Å². The van der Waals surface area contributed by atoms with Gasteiger partial charge in [0.2, 0.25) is 0 Å². The van der Waals surface area contributed by atoms with Gasteiger partial charge in [-0.05, 0) is 18.6 Å². The van der Waals surface area contributed by atoms with E-state index in [4.69, 9.17) is 16.3 Å². The molecule has 21 heavy (non-hydrogen) atoms. The van der Waals surface area contributed by atoms with Crippen LogP contribution in [0.3, 0.4) is 0 Å². The van der Waals surface area contributed by atoms with E-state index in [-0.39, 0.29) is 35.4 Å². The fourth-order valence-corrected chi connectivity index (χ4v) is 2.45. The van der Waals surface area contributed by atoms with Crippen LogP contribution in [-0.4, -0.2) is 32.8 Å². The van der Waals surface area contributed by atoms with Crippen molar-refractivity contribution in [2.45, 2.75) is 19.9 Å². The molecule has 1 aliphatic heterocycles. The summed E-state index contributed by atoms with van der Waals surface area (Å²) < 4.78 is 5.25. The lowest BCUT2D eigenvalue weighted by molar-refractivity contribution is -0.0971. The maximum Gasteiger partial charge on any atom is 0.191 e. The number of aliphatic imine (C=N–C) groups is 1. The minimum atomic E-state index is 0. The first kappa shape index (κ1) is 18.5. The van der Waals surface area contributed by atoms with Crippen molar-refractivity contribution in [2.75, 3.05) is 26.8 Å². The second-order valence-corrected chi connectivity index (χ2v) is 6.02. The van der Waals surface area contributed by atoms with Gasteiger partial charge in [-0.25, -0.2) is 0 Å². The van der Waals surface area contributed by atoms with Gasteiger partial charge in [0.25, 0.3) is 0 Å². The summed E-state index contributed by atoms with van der Waals surface area (Å²) in [5.74, 6) is 0.783. The molecule has 0 saturated carbocycles. The molecule has 0 radical (unpaired) electrons. The Morgan fingerprint density at radius 3 is 2.62 bits per heavy atom. The van der Waals surface area contributed by atoms with Crippen molar-refractivity contribution in [2.24, 2.45) is 10.4 Å². The van der Waals surface area contributed by atoms with Crippen molar-refractivity contribution in [3.8, 4) is 0 Å². The fraction of sp³-hybridized carbons (Fsp3) is 0.533. The number of hydrogen-bond donors (Lipinski definition) is 2. The van der Waals surface area contributed by atoms with Gasteiger partial charge in [0.15, 0.2) is 5.96 Å². The number of halogens is 2. The van der Waals surface area contributed by atoms with Gasteiger partial charge in [0.05, 0.1) is 19.3 Å². The van der Waals surface area contributed by atoms with E-state index in [1.54, 1.807) is 7.05 Å². The average molecular weight is 424 g/mol. The number of guanidine groups is 1. The van der Waals surface area contributed by atoms with Gasteiger partial charge >= 0.3 is 0 Å². The van der Waals surface area contributed by atoms with Gasteiger partial charge in [-0.2, -0.15) is 0 Å². The van der Waals surface area contributed by atoms with Crippen LogP contribution in [0, 0.1) is 5.41 Å². The Balaban J connectivity index is 0.00000220. The standard InChI is InChI=1S/C15H22ClN3O.HI/c1-11(12-6-4-5-7-13(12)16)19-14(17-3)18-8-15(2)9-20-10-15;/h4-7,11H,8-10H2,1-3H3,(H2,17,18,19);1H. The van der Waals surface area contributed by atoms with E-state index in [0.29, 0.717) is 0 Å². The van der Waals surface area contributed by atoms with Gasteiger partial charge in [-0.3, -0.25) is 4.99 Å². The first-order chi connectivity index (χ1) is 9.54. The normalized spacial score (nSPS) is 18.2. The van der Waals surface area contributed by atoms with E-state index in [0.717, 1.165) is 36.3 Å². The quantitative estimate of drug-likeness (QED) is 0.444. The number of ether oxygens (including phenoxy) is 1. The second-order valence-electron chi connectivity index (χ2n) is 5.62. The van der Waals surface area contributed by atoms with Crippen LogP contribution in [0.2, 0.25) is 5.02 Å². The molecule has 2 N–H and O–H groups in total. The molecule has 6 heteroatoms. The molecule has 1 aromatic rings. The summed E-state index contributed by atoms with van der Waals surface area (Å²) in [5, 5.41) is 7.47. The Morgan fingerprint density at radius 2 is 2.10 bits per heavy atom. The highest BCUT2D eigenvalue weighted by molar-refractivity contribution is 14.0. The zero-order valence-electron chi connectivity index (χ0n) is 12.6. The smallest absolute Gasteiger partial charge is 0.191 e. The van der Waals surface area contributed by atoms with Crippen LogP contribution in [0.25, 0.3) is 0 Å². The minimum Gasteiger partial charge on any atom is -0.380 e.